The summed E-state index contributed by atoms with van der Waals surface area (Å²) in [6, 6.07) is 3.44. The summed E-state index contributed by atoms with van der Waals surface area (Å²) in [5.74, 6) is -1.24. The zero-order valence-electron chi connectivity index (χ0n) is 9.92. The van der Waals surface area contributed by atoms with Crippen molar-refractivity contribution >= 4 is 23.6 Å². The van der Waals surface area contributed by atoms with Gasteiger partial charge in [-0.15, -0.1) is 0 Å². The first-order valence-corrected chi connectivity index (χ1v) is 6.75. The molecule has 1 unspecified atom stereocenters. The van der Waals surface area contributed by atoms with Gasteiger partial charge in [0, 0.05) is 17.4 Å². The maximum absolute atomic E-state index is 12.0. The second kappa shape index (κ2) is 5.00. The normalized spacial score (nSPS) is 22.1. The Morgan fingerprint density at radius 2 is 1.84 bits per heavy atom. The Morgan fingerprint density at radius 3 is 2.32 bits per heavy atom. The van der Waals surface area contributed by atoms with Gasteiger partial charge in [0.15, 0.2) is 0 Å². The SMILES string of the molecule is O=C(NC1(C(=O)O)CCSC1)c1cc(O)cc(O)c1. The molecule has 0 spiro atoms. The molecule has 1 heterocycles. The number of amides is 1. The summed E-state index contributed by atoms with van der Waals surface area (Å²) in [5, 5.41) is 30.4. The van der Waals surface area contributed by atoms with Crippen LogP contribution < -0.4 is 5.32 Å². The Balaban J connectivity index is 2.22. The molecule has 1 aliphatic rings. The van der Waals surface area contributed by atoms with Crippen LogP contribution in [0.25, 0.3) is 0 Å². The summed E-state index contributed by atoms with van der Waals surface area (Å²) in [7, 11) is 0. The van der Waals surface area contributed by atoms with Crippen molar-refractivity contribution in [2.45, 2.75) is 12.0 Å². The molecule has 1 aromatic carbocycles. The molecule has 0 bridgehead atoms. The van der Waals surface area contributed by atoms with Gasteiger partial charge in [-0.3, -0.25) is 4.79 Å². The van der Waals surface area contributed by atoms with Crippen molar-refractivity contribution in [2.75, 3.05) is 11.5 Å². The van der Waals surface area contributed by atoms with Gasteiger partial charge in [-0.1, -0.05) is 0 Å². The third-order valence-electron chi connectivity index (χ3n) is 2.95. The molecule has 1 aliphatic heterocycles. The quantitative estimate of drug-likeness (QED) is 0.653. The van der Waals surface area contributed by atoms with Crippen LogP contribution in [-0.4, -0.2) is 44.2 Å². The molecule has 0 saturated carbocycles. The zero-order valence-corrected chi connectivity index (χ0v) is 10.7. The fourth-order valence-corrected chi connectivity index (χ4v) is 3.23. The van der Waals surface area contributed by atoms with E-state index in [-0.39, 0.29) is 17.1 Å². The van der Waals surface area contributed by atoms with Gasteiger partial charge >= 0.3 is 5.97 Å². The molecule has 4 N–H and O–H groups in total. The summed E-state index contributed by atoms with van der Waals surface area (Å²) >= 11 is 1.46. The Labute approximate surface area is 113 Å². The van der Waals surface area contributed by atoms with Gasteiger partial charge in [-0.2, -0.15) is 11.8 Å². The highest BCUT2D eigenvalue weighted by Gasteiger charge is 2.43. The molecule has 102 valence electrons. The summed E-state index contributed by atoms with van der Waals surface area (Å²) in [4.78, 5) is 23.3. The second-order valence-corrected chi connectivity index (χ2v) is 5.49. The van der Waals surface area contributed by atoms with E-state index in [2.05, 4.69) is 5.32 Å². The number of aromatic hydroxyl groups is 2. The Kier molecular flexibility index (Phi) is 3.57. The minimum Gasteiger partial charge on any atom is -0.508 e. The van der Waals surface area contributed by atoms with Crippen LogP contribution >= 0.6 is 11.8 Å². The lowest BCUT2D eigenvalue weighted by Crippen LogP contribution is -2.54. The number of carboxylic acids is 1. The number of phenols is 2. The van der Waals surface area contributed by atoms with E-state index in [0.717, 1.165) is 6.07 Å². The minimum absolute atomic E-state index is 0.0232. The molecular formula is C12H13NO5S. The number of carbonyl (C=O) groups excluding carboxylic acids is 1. The minimum atomic E-state index is -1.27. The lowest BCUT2D eigenvalue weighted by molar-refractivity contribution is -0.143. The van der Waals surface area contributed by atoms with E-state index >= 15 is 0 Å². The highest BCUT2D eigenvalue weighted by Crippen LogP contribution is 2.29. The van der Waals surface area contributed by atoms with Crippen LogP contribution in [0.2, 0.25) is 0 Å². The van der Waals surface area contributed by atoms with E-state index in [1.54, 1.807) is 0 Å². The van der Waals surface area contributed by atoms with Crippen molar-refractivity contribution in [3.63, 3.8) is 0 Å². The van der Waals surface area contributed by atoms with Crippen LogP contribution in [0.15, 0.2) is 18.2 Å². The van der Waals surface area contributed by atoms with Crippen LogP contribution in [0.4, 0.5) is 0 Å². The van der Waals surface area contributed by atoms with Crippen LogP contribution in [0.1, 0.15) is 16.8 Å². The molecule has 0 aromatic heterocycles. The molecule has 0 aliphatic carbocycles. The van der Waals surface area contributed by atoms with Gasteiger partial charge in [0.25, 0.3) is 5.91 Å². The number of benzene rings is 1. The first-order chi connectivity index (χ1) is 8.93. The van der Waals surface area contributed by atoms with E-state index in [1.165, 1.54) is 23.9 Å². The number of hydrogen-bond acceptors (Lipinski definition) is 5. The Morgan fingerprint density at radius 1 is 1.21 bits per heavy atom. The zero-order chi connectivity index (χ0) is 14.0. The number of rotatable bonds is 3. The largest absolute Gasteiger partial charge is 0.508 e. The van der Waals surface area contributed by atoms with Crippen molar-refractivity contribution in [1.29, 1.82) is 0 Å². The van der Waals surface area contributed by atoms with Gasteiger partial charge in [0.05, 0.1) is 0 Å². The van der Waals surface area contributed by atoms with Crippen LogP contribution in [0, 0.1) is 0 Å². The molecule has 1 amide bonds. The first kappa shape index (κ1) is 13.5. The molecule has 1 aromatic rings. The fraction of sp³-hybridized carbons (Fsp3) is 0.333. The highest BCUT2D eigenvalue weighted by molar-refractivity contribution is 7.99. The van der Waals surface area contributed by atoms with Gasteiger partial charge in [-0.25, -0.2) is 4.79 Å². The lowest BCUT2D eigenvalue weighted by Gasteiger charge is -2.24. The van der Waals surface area contributed by atoms with E-state index < -0.39 is 17.4 Å². The lowest BCUT2D eigenvalue weighted by atomic mass is 9.98. The molecule has 1 fully saturated rings. The van der Waals surface area contributed by atoms with Crippen LogP contribution in [0.3, 0.4) is 0 Å². The predicted octanol–water partition coefficient (Wildman–Crippen LogP) is 0.788. The topological polar surface area (TPSA) is 107 Å². The van der Waals surface area contributed by atoms with E-state index in [9.17, 15) is 24.9 Å². The maximum Gasteiger partial charge on any atom is 0.330 e. The van der Waals surface area contributed by atoms with Crippen molar-refractivity contribution in [3.05, 3.63) is 23.8 Å². The molecule has 7 heteroatoms. The van der Waals surface area contributed by atoms with Crippen molar-refractivity contribution in [3.8, 4) is 11.5 Å². The molecule has 19 heavy (non-hydrogen) atoms. The van der Waals surface area contributed by atoms with Gasteiger partial charge in [-0.05, 0) is 24.3 Å². The van der Waals surface area contributed by atoms with Crippen molar-refractivity contribution in [1.82, 2.24) is 5.32 Å². The molecular weight excluding hydrogens is 270 g/mol. The van der Waals surface area contributed by atoms with Gasteiger partial charge in [0.2, 0.25) is 0 Å². The summed E-state index contributed by atoms with van der Waals surface area (Å²) in [6.45, 7) is 0. The molecule has 1 saturated heterocycles. The summed E-state index contributed by atoms with van der Waals surface area (Å²) in [6.07, 6.45) is 0.351. The molecule has 0 radical (unpaired) electrons. The Hall–Kier alpha value is -1.89. The number of phenolic OH excluding ortho intramolecular Hbond substituents is 2. The Bertz CT molecular complexity index is 505. The number of hydrogen-bond donors (Lipinski definition) is 4. The molecule has 1 atom stereocenters. The van der Waals surface area contributed by atoms with Gasteiger partial charge in [0.1, 0.15) is 17.0 Å². The van der Waals surface area contributed by atoms with E-state index in [1.807, 2.05) is 0 Å². The van der Waals surface area contributed by atoms with E-state index in [4.69, 9.17) is 0 Å². The standard InChI is InChI=1S/C12H13NO5S/c14-8-3-7(4-9(15)5-8)10(16)13-12(11(17)18)1-2-19-6-12/h3-5,14-15H,1-2,6H2,(H,13,16)(H,17,18). The van der Waals surface area contributed by atoms with Crippen LogP contribution in [0.5, 0.6) is 11.5 Å². The number of aliphatic carboxylic acids is 1. The predicted molar refractivity (Wildman–Crippen MR) is 69.5 cm³/mol. The maximum atomic E-state index is 12.0. The third-order valence-corrected chi connectivity index (χ3v) is 4.14. The van der Waals surface area contributed by atoms with Crippen LogP contribution in [-0.2, 0) is 4.79 Å². The van der Waals surface area contributed by atoms with Crippen molar-refractivity contribution in [2.24, 2.45) is 0 Å². The second-order valence-electron chi connectivity index (χ2n) is 4.38. The monoisotopic (exact) mass is 283 g/mol. The number of carboxylic acid groups (broad SMARTS) is 1. The number of carbonyl (C=O) groups is 2. The smallest absolute Gasteiger partial charge is 0.330 e. The average Bonchev–Trinajstić information content (AvgIpc) is 2.77. The molecule has 6 nitrogen and oxygen atoms in total. The third kappa shape index (κ3) is 2.76. The van der Waals surface area contributed by atoms with Crippen molar-refractivity contribution < 1.29 is 24.9 Å². The highest BCUT2D eigenvalue weighted by atomic mass is 32.2. The van der Waals surface area contributed by atoms with Gasteiger partial charge < -0.3 is 20.6 Å². The average molecular weight is 283 g/mol. The number of nitrogens with one attached hydrogen (secondary N) is 1. The van der Waals surface area contributed by atoms with E-state index in [0.29, 0.717) is 17.9 Å². The fourth-order valence-electron chi connectivity index (χ4n) is 1.90. The first-order valence-electron chi connectivity index (χ1n) is 5.60. The number of thioether (sulfide) groups is 1. The summed E-state index contributed by atoms with van der Waals surface area (Å²) in [5.41, 5.74) is -1.25. The summed E-state index contributed by atoms with van der Waals surface area (Å²) < 4.78 is 0. The molecule has 2 rings (SSSR count).